The van der Waals surface area contributed by atoms with Gasteiger partial charge >= 0.3 is 0 Å². The predicted octanol–water partition coefficient (Wildman–Crippen LogP) is 2.44. The lowest BCUT2D eigenvalue weighted by molar-refractivity contribution is 0.139. The molecule has 1 fully saturated rings. The predicted molar refractivity (Wildman–Crippen MR) is 83.0 cm³/mol. The molecule has 1 aromatic rings. The van der Waals surface area contributed by atoms with Crippen molar-refractivity contribution in [1.82, 2.24) is 10.3 Å². The van der Waals surface area contributed by atoms with Crippen molar-refractivity contribution in [1.29, 1.82) is 0 Å². The molecular weight excluding hydrogens is 250 g/mol. The van der Waals surface area contributed by atoms with Gasteiger partial charge in [-0.2, -0.15) is 0 Å². The molecule has 20 heavy (non-hydrogen) atoms. The van der Waals surface area contributed by atoms with Crippen LogP contribution in [0.5, 0.6) is 0 Å². The fourth-order valence-corrected chi connectivity index (χ4v) is 2.68. The van der Waals surface area contributed by atoms with Gasteiger partial charge < -0.3 is 15.0 Å². The van der Waals surface area contributed by atoms with Crippen molar-refractivity contribution in [3.05, 3.63) is 23.9 Å². The monoisotopic (exact) mass is 277 g/mol. The Morgan fingerprint density at radius 1 is 1.35 bits per heavy atom. The van der Waals surface area contributed by atoms with E-state index in [9.17, 15) is 0 Å². The van der Waals surface area contributed by atoms with E-state index in [0.29, 0.717) is 5.92 Å². The molecule has 4 nitrogen and oxygen atoms in total. The third-order valence-corrected chi connectivity index (χ3v) is 3.91. The van der Waals surface area contributed by atoms with E-state index < -0.39 is 0 Å². The Morgan fingerprint density at radius 2 is 2.15 bits per heavy atom. The quantitative estimate of drug-likeness (QED) is 0.777. The first-order valence-electron chi connectivity index (χ1n) is 7.73. The van der Waals surface area contributed by atoms with Gasteiger partial charge in [0.25, 0.3) is 0 Å². The van der Waals surface area contributed by atoms with E-state index in [1.54, 1.807) is 7.11 Å². The van der Waals surface area contributed by atoms with Crippen molar-refractivity contribution >= 4 is 5.82 Å². The molecule has 4 heteroatoms. The van der Waals surface area contributed by atoms with Gasteiger partial charge in [-0.25, -0.2) is 4.98 Å². The van der Waals surface area contributed by atoms with Gasteiger partial charge in [-0.3, -0.25) is 0 Å². The lowest BCUT2D eigenvalue weighted by atomic mass is 9.98. The number of hydrogen-bond acceptors (Lipinski definition) is 4. The number of pyridine rings is 1. The zero-order valence-corrected chi connectivity index (χ0v) is 12.8. The average molecular weight is 277 g/mol. The Morgan fingerprint density at radius 3 is 2.75 bits per heavy atom. The van der Waals surface area contributed by atoms with Crippen LogP contribution in [0.4, 0.5) is 5.82 Å². The second kappa shape index (κ2) is 8.22. The highest BCUT2D eigenvalue weighted by Crippen LogP contribution is 2.21. The minimum atomic E-state index is 0.716. The van der Waals surface area contributed by atoms with Crippen LogP contribution in [-0.2, 0) is 11.3 Å². The van der Waals surface area contributed by atoms with E-state index in [4.69, 9.17) is 4.74 Å². The summed E-state index contributed by atoms with van der Waals surface area (Å²) in [7, 11) is 1.79. The molecule has 112 valence electrons. The molecular formula is C16H27N3O. The molecule has 0 spiro atoms. The van der Waals surface area contributed by atoms with E-state index in [1.165, 1.54) is 24.8 Å². The van der Waals surface area contributed by atoms with Crippen molar-refractivity contribution in [3.63, 3.8) is 0 Å². The first kappa shape index (κ1) is 15.3. The summed E-state index contributed by atoms with van der Waals surface area (Å²) in [5, 5.41) is 3.40. The molecule has 0 aromatic carbocycles. The second-order valence-electron chi connectivity index (χ2n) is 5.59. The Kier molecular flexibility index (Phi) is 6.27. The molecule has 0 unspecified atom stereocenters. The maximum absolute atomic E-state index is 5.24. The summed E-state index contributed by atoms with van der Waals surface area (Å²) < 4.78 is 5.24. The Balaban J connectivity index is 1.81. The molecule has 0 radical (unpaired) electrons. The van der Waals surface area contributed by atoms with Crippen LogP contribution in [0.2, 0.25) is 0 Å². The van der Waals surface area contributed by atoms with Crippen molar-refractivity contribution in [2.24, 2.45) is 5.92 Å². The van der Waals surface area contributed by atoms with E-state index in [-0.39, 0.29) is 0 Å². The van der Waals surface area contributed by atoms with Crippen LogP contribution in [0.3, 0.4) is 0 Å². The maximum atomic E-state index is 5.24. The Labute approximate surface area is 122 Å². The maximum Gasteiger partial charge on any atom is 0.128 e. The molecule has 0 amide bonds. The van der Waals surface area contributed by atoms with Gasteiger partial charge in [0.15, 0.2) is 0 Å². The van der Waals surface area contributed by atoms with Crippen LogP contribution in [0.25, 0.3) is 0 Å². The highest BCUT2D eigenvalue weighted by Gasteiger charge is 2.19. The molecule has 2 heterocycles. The second-order valence-corrected chi connectivity index (χ2v) is 5.59. The average Bonchev–Trinajstić information content (AvgIpc) is 2.49. The molecule has 0 atom stereocenters. The summed E-state index contributed by atoms with van der Waals surface area (Å²) in [5.41, 5.74) is 1.26. The van der Waals surface area contributed by atoms with Crippen LogP contribution >= 0.6 is 0 Å². The van der Waals surface area contributed by atoms with Gasteiger partial charge in [0, 0.05) is 39.5 Å². The number of nitrogens with zero attached hydrogens (tertiary/aromatic N) is 2. The number of methoxy groups -OCH3 is 1. The van der Waals surface area contributed by atoms with Crippen LogP contribution in [-0.4, -0.2) is 38.3 Å². The first-order chi connectivity index (χ1) is 9.83. The van der Waals surface area contributed by atoms with Crippen molar-refractivity contribution < 1.29 is 4.74 Å². The molecule has 2 rings (SSSR count). The third kappa shape index (κ3) is 4.46. The minimum absolute atomic E-state index is 0.716. The SMILES string of the molecule is CCCNCc1ccc(N2CCC(COC)CC2)nc1. The number of ether oxygens (including phenoxy) is 1. The van der Waals surface area contributed by atoms with Gasteiger partial charge in [0.05, 0.1) is 0 Å². The lowest BCUT2D eigenvalue weighted by Gasteiger charge is -2.32. The van der Waals surface area contributed by atoms with E-state index in [0.717, 1.165) is 38.6 Å². The fourth-order valence-electron chi connectivity index (χ4n) is 2.68. The van der Waals surface area contributed by atoms with Gasteiger partial charge in [-0.1, -0.05) is 13.0 Å². The highest BCUT2D eigenvalue weighted by atomic mass is 16.5. The highest BCUT2D eigenvalue weighted by molar-refractivity contribution is 5.39. The molecule has 1 aliphatic rings. The van der Waals surface area contributed by atoms with Gasteiger partial charge in [-0.15, -0.1) is 0 Å². The number of nitrogens with one attached hydrogen (secondary N) is 1. The number of piperidine rings is 1. The third-order valence-electron chi connectivity index (χ3n) is 3.91. The number of hydrogen-bond donors (Lipinski definition) is 1. The van der Waals surface area contributed by atoms with Gasteiger partial charge in [0.2, 0.25) is 0 Å². The van der Waals surface area contributed by atoms with Crippen LogP contribution in [0.1, 0.15) is 31.7 Å². The van der Waals surface area contributed by atoms with Gasteiger partial charge in [0.1, 0.15) is 5.82 Å². The van der Waals surface area contributed by atoms with Crippen LogP contribution in [0.15, 0.2) is 18.3 Å². The summed E-state index contributed by atoms with van der Waals surface area (Å²) in [6.07, 6.45) is 5.58. The zero-order valence-electron chi connectivity index (χ0n) is 12.8. The summed E-state index contributed by atoms with van der Waals surface area (Å²) in [4.78, 5) is 6.99. The van der Waals surface area contributed by atoms with Crippen molar-refractivity contribution in [2.45, 2.75) is 32.7 Å². The molecule has 0 saturated carbocycles. The number of anilines is 1. The molecule has 1 aromatic heterocycles. The first-order valence-corrected chi connectivity index (χ1v) is 7.73. The van der Waals surface area contributed by atoms with Crippen LogP contribution in [0, 0.1) is 5.92 Å². The summed E-state index contributed by atoms with van der Waals surface area (Å²) >= 11 is 0. The normalized spacial score (nSPS) is 16.6. The smallest absolute Gasteiger partial charge is 0.128 e. The van der Waals surface area contributed by atoms with E-state index >= 15 is 0 Å². The Hall–Kier alpha value is -1.13. The molecule has 1 N–H and O–H groups in total. The summed E-state index contributed by atoms with van der Waals surface area (Å²) in [6, 6.07) is 4.34. The standard InChI is InChI=1S/C16H27N3O/c1-3-8-17-11-15-4-5-16(18-12-15)19-9-6-14(7-10-19)13-20-2/h4-5,12,14,17H,3,6-11,13H2,1-2H3. The van der Waals surface area contributed by atoms with Crippen LogP contribution < -0.4 is 10.2 Å². The Bertz CT molecular complexity index is 372. The molecule has 1 saturated heterocycles. The number of aromatic nitrogens is 1. The van der Waals surface area contributed by atoms with Gasteiger partial charge in [-0.05, 0) is 43.4 Å². The number of rotatable bonds is 7. The zero-order chi connectivity index (χ0) is 14.2. The topological polar surface area (TPSA) is 37.4 Å². The molecule has 0 aliphatic carbocycles. The fraction of sp³-hybridized carbons (Fsp3) is 0.688. The molecule has 1 aliphatic heterocycles. The summed E-state index contributed by atoms with van der Waals surface area (Å²) in [5.74, 6) is 1.83. The van der Waals surface area contributed by atoms with E-state index in [1.807, 2.05) is 6.20 Å². The van der Waals surface area contributed by atoms with E-state index in [2.05, 4.69) is 34.3 Å². The molecule has 0 bridgehead atoms. The van der Waals surface area contributed by atoms with Crippen molar-refractivity contribution in [2.75, 3.05) is 38.3 Å². The van der Waals surface area contributed by atoms with Crippen molar-refractivity contribution in [3.8, 4) is 0 Å². The largest absolute Gasteiger partial charge is 0.384 e. The lowest BCUT2D eigenvalue weighted by Crippen LogP contribution is -2.35. The summed E-state index contributed by atoms with van der Waals surface area (Å²) in [6.45, 7) is 7.24. The minimum Gasteiger partial charge on any atom is -0.384 e.